The van der Waals surface area contributed by atoms with E-state index in [1.54, 1.807) is 4.40 Å². The standard InChI is InChI=1S/C2F3NO3S/c3-2(4,5)10(8,9)6-1-7. The highest BCUT2D eigenvalue weighted by Crippen LogP contribution is 2.23. The lowest BCUT2D eigenvalue weighted by molar-refractivity contribution is -0.0435. The Hall–Kier alpha value is -0.880. The van der Waals surface area contributed by atoms with Gasteiger partial charge in [0, 0.05) is 0 Å². The van der Waals surface area contributed by atoms with Gasteiger partial charge in [-0.1, -0.05) is 4.40 Å². The molecule has 4 nitrogen and oxygen atoms in total. The molecule has 0 atom stereocenters. The van der Waals surface area contributed by atoms with Crippen LogP contribution in [0.1, 0.15) is 0 Å². The molecule has 0 aliphatic carbocycles. The van der Waals surface area contributed by atoms with E-state index in [1.807, 2.05) is 0 Å². The van der Waals surface area contributed by atoms with Crippen molar-refractivity contribution in [1.29, 1.82) is 0 Å². The molecular formula is C2F3NO3S. The van der Waals surface area contributed by atoms with Gasteiger partial charge in [0.2, 0.25) is 0 Å². The summed E-state index contributed by atoms with van der Waals surface area (Å²) in [4.78, 5) is 9.10. The van der Waals surface area contributed by atoms with E-state index in [0.29, 0.717) is 0 Å². The van der Waals surface area contributed by atoms with E-state index in [-0.39, 0.29) is 6.08 Å². The van der Waals surface area contributed by atoms with E-state index < -0.39 is 15.5 Å². The Morgan fingerprint density at radius 2 is 1.70 bits per heavy atom. The molecule has 0 fully saturated rings. The molecule has 0 heterocycles. The molecule has 0 spiro atoms. The summed E-state index contributed by atoms with van der Waals surface area (Å²) < 4.78 is 54.4. The second-order valence-electron chi connectivity index (χ2n) is 1.10. The molecule has 0 unspecified atom stereocenters. The molecule has 0 rings (SSSR count). The molecule has 0 aromatic carbocycles. The van der Waals surface area contributed by atoms with Gasteiger partial charge in [-0.3, -0.25) is 0 Å². The van der Waals surface area contributed by atoms with Crippen molar-refractivity contribution in [3.05, 3.63) is 0 Å². The van der Waals surface area contributed by atoms with Crippen molar-refractivity contribution >= 4 is 16.1 Å². The van der Waals surface area contributed by atoms with Gasteiger partial charge in [0.1, 0.15) is 0 Å². The molecule has 58 valence electrons. The van der Waals surface area contributed by atoms with Gasteiger partial charge in [0.25, 0.3) is 6.08 Å². The molecule has 0 saturated carbocycles. The van der Waals surface area contributed by atoms with Gasteiger partial charge < -0.3 is 0 Å². The highest BCUT2D eigenvalue weighted by Gasteiger charge is 2.46. The molecule has 0 aromatic heterocycles. The van der Waals surface area contributed by atoms with Crippen molar-refractivity contribution in [3.63, 3.8) is 0 Å². The fraction of sp³-hybridized carbons (Fsp3) is 0.500. The molecule has 8 heteroatoms. The van der Waals surface area contributed by atoms with Crippen molar-refractivity contribution in [2.45, 2.75) is 5.51 Å². The predicted molar refractivity (Wildman–Crippen MR) is 23.1 cm³/mol. The topological polar surface area (TPSA) is 63.6 Å². The third-order valence-electron chi connectivity index (χ3n) is 0.450. The normalized spacial score (nSPS) is 12.3. The number of carbonyl (C=O) groups excluding carboxylic acids is 1. The number of alkyl halides is 3. The Kier molecular flexibility index (Phi) is 2.18. The van der Waals surface area contributed by atoms with Gasteiger partial charge in [-0.2, -0.15) is 21.6 Å². The lowest BCUT2D eigenvalue weighted by atomic mass is 11.6. The summed E-state index contributed by atoms with van der Waals surface area (Å²) in [6.45, 7) is 0. The van der Waals surface area contributed by atoms with Crippen LogP contribution in [-0.2, 0) is 14.8 Å². The van der Waals surface area contributed by atoms with Crippen LogP contribution in [0.15, 0.2) is 4.40 Å². The highest BCUT2D eigenvalue weighted by molar-refractivity contribution is 7.91. The Balaban J connectivity index is 4.97. The summed E-state index contributed by atoms with van der Waals surface area (Å²) in [7, 11) is -5.65. The summed E-state index contributed by atoms with van der Waals surface area (Å²) in [6, 6.07) is 0. The zero-order valence-corrected chi connectivity index (χ0v) is 5.03. The van der Waals surface area contributed by atoms with Crippen LogP contribution in [0.25, 0.3) is 0 Å². The summed E-state index contributed by atoms with van der Waals surface area (Å²) >= 11 is 0. The summed E-state index contributed by atoms with van der Waals surface area (Å²) in [5.74, 6) is 0. The van der Waals surface area contributed by atoms with Crippen molar-refractivity contribution < 1.29 is 26.4 Å². The minimum Gasteiger partial charge on any atom is -0.210 e. The fourth-order valence-electron chi connectivity index (χ4n) is 0.101. The van der Waals surface area contributed by atoms with Crippen LogP contribution in [-0.4, -0.2) is 20.0 Å². The van der Waals surface area contributed by atoms with Crippen LogP contribution in [0.4, 0.5) is 13.2 Å². The Morgan fingerprint density at radius 1 is 1.30 bits per heavy atom. The van der Waals surface area contributed by atoms with Crippen LogP contribution in [0.3, 0.4) is 0 Å². The van der Waals surface area contributed by atoms with Crippen LogP contribution in [0.5, 0.6) is 0 Å². The third kappa shape index (κ3) is 1.82. The lowest BCUT2D eigenvalue weighted by Gasteiger charge is -1.98. The SMILES string of the molecule is O=C=NS(=O)(=O)C(F)(F)F. The molecule has 0 radical (unpaired) electrons. The molecule has 0 aliphatic heterocycles. The number of nitrogens with zero attached hydrogens (tertiary/aromatic N) is 1. The second kappa shape index (κ2) is 2.39. The average molecular weight is 175 g/mol. The molecular weight excluding hydrogens is 175 g/mol. The van der Waals surface area contributed by atoms with Crippen molar-refractivity contribution in [2.24, 2.45) is 4.40 Å². The smallest absolute Gasteiger partial charge is 0.210 e. The lowest BCUT2D eigenvalue weighted by Crippen LogP contribution is -2.20. The molecule has 0 N–H and O–H groups in total. The first-order chi connectivity index (χ1) is 4.31. The van der Waals surface area contributed by atoms with Gasteiger partial charge >= 0.3 is 15.5 Å². The van der Waals surface area contributed by atoms with Gasteiger partial charge in [-0.05, 0) is 0 Å². The minimum atomic E-state index is -5.65. The molecule has 0 saturated heterocycles. The van der Waals surface area contributed by atoms with E-state index >= 15 is 0 Å². The largest absolute Gasteiger partial charge is 0.519 e. The molecule has 0 aliphatic rings. The maximum absolute atomic E-state index is 11.2. The van der Waals surface area contributed by atoms with Gasteiger partial charge in [0.05, 0.1) is 0 Å². The van der Waals surface area contributed by atoms with Gasteiger partial charge in [-0.15, -0.1) is 0 Å². The first-order valence-corrected chi connectivity index (χ1v) is 3.15. The number of hydrogen-bond acceptors (Lipinski definition) is 3. The number of rotatable bonds is 1. The number of isocyanates is 1. The van der Waals surface area contributed by atoms with Crippen LogP contribution in [0.2, 0.25) is 0 Å². The maximum Gasteiger partial charge on any atom is 0.519 e. The van der Waals surface area contributed by atoms with Crippen LogP contribution < -0.4 is 0 Å². The van der Waals surface area contributed by atoms with E-state index in [1.165, 1.54) is 0 Å². The first-order valence-electron chi connectivity index (χ1n) is 1.71. The Bertz CT molecular complexity index is 258. The monoisotopic (exact) mass is 175 g/mol. The molecule has 0 bridgehead atoms. The quantitative estimate of drug-likeness (QED) is 0.421. The number of sulfonamides is 1. The molecule has 0 aromatic rings. The van der Waals surface area contributed by atoms with E-state index in [0.717, 1.165) is 0 Å². The molecule has 0 amide bonds. The molecule has 10 heavy (non-hydrogen) atoms. The highest BCUT2D eigenvalue weighted by atomic mass is 32.2. The van der Waals surface area contributed by atoms with E-state index in [4.69, 9.17) is 4.79 Å². The van der Waals surface area contributed by atoms with Crippen LogP contribution >= 0.6 is 0 Å². The zero-order valence-electron chi connectivity index (χ0n) is 4.21. The van der Waals surface area contributed by atoms with Crippen molar-refractivity contribution in [2.75, 3.05) is 0 Å². The van der Waals surface area contributed by atoms with Gasteiger partial charge in [0.15, 0.2) is 0 Å². The third-order valence-corrected chi connectivity index (χ3v) is 1.35. The van der Waals surface area contributed by atoms with E-state index in [2.05, 4.69) is 0 Å². The minimum absolute atomic E-state index is 0.282. The summed E-state index contributed by atoms with van der Waals surface area (Å²) in [5, 5.41) is 0. The first kappa shape index (κ1) is 9.12. The van der Waals surface area contributed by atoms with Crippen LogP contribution in [0, 0.1) is 0 Å². The maximum atomic E-state index is 11.2. The number of halogens is 3. The zero-order chi connectivity index (χ0) is 8.41. The number of hydrogen-bond donors (Lipinski definition) is 0. The second-order valence-corrected chi connectivity index (χ2v) is 2.70. The van der Waals surface area contributed by atoms with Gasteiger partial charge in [-0.25, -0.2) is 4.79 Å². The fourth-order valence-corrected chi connectivity index (χ4v) is 0.302. The van der Waals surface area contributed by atoms with Crippen molar-refractivity contribution in [3.8, 4) is 0 Å². The Labute approximate surface area is 53.4 Å². The van der Waals surface area contributed by atoms with Crippen molar-refractivity contribution in [1.82, 2.24) is 0 Å². The van der Waals surface area contributed by atoms with E-state index in [9.17, 15) is 21.6 Å². The predicted octanol–water partition coefficient (Wildman–Crippen LogP) is 0.172. The summed E-state index contributed by atoms with van der Waals surface area (Å²) in [6.07, 6.45) is 0.282. The average Bonchev–Trinajstić information content (AvgIpc) is 1.61. The Morgan fingerprint density at radius 3 is 1.80 bits per heavy atom. The summed E-state index contributed by atoms with van der Waals surface area (Å²) in [5.41, 5.74) is -5.51.